The molecule has 1 N–H and O–H groups in total. The number of hydrogen-bond acceptors (Lipinski definition) is 1. The van der Waals surface area contributed by atoms with Crippen molar-refractivity contribution in [1.29, 1.82) is 0 Å². The Hall–Kier alpha value is -1.31. The molecule has 0 radical (unpaired) electrons. The summed E-state index contributed by atoms with van der Waals surface area (Å²) in [6.07, 6.45) is 0. The molecule has 1 aromatic carbocycles. The Morgan fingerprint density at radius 2 is 1.67 bits per heavy atom. The van der Waals surface area contributed by atoms with Gasteiger partial charge in [-0.1, -0.05) is 32.0 Å². The van der Waals surface area contributed by atoms with E-state index < -0.39 is 0 Å². The monoisotopic (exact) mass is 206 g/mol. The van der Waals surface area contributed by atoms with Crippen LogP contribution in [0.3, 0.4) is 0 Å². The molecule has 2 nitrogen and oxygen atoms in total. The van der Waals surface area contributed by atoms with E-state index in [4.69, 9.17) is 0 Å². The van der Waals surface area contributed by atoms with E-state index >= 15 is 0 Å². The smallest absolute Gasteiger partial charge is 0.233 e. The first kappa shape index (κ1) is 11.8. The summed E-state index contributed by atoms with van der Waals surface area (Å²) in [6.45, 7) is 9.97. The minimum absolute atomic E-state index is 0.291. The highest BCUT2D eigenvalue weighted by atomic mass is 16.5. The zero-order valence-electron chi connectivity index (χ0n) is 10.2. The first-order valence-corrected chi connectivity index (χ1v) is 5.47. The van der Waals surface area contributed by atoms with E-state index in [9.17, 15) is 5.21 Å². The standard InChI is InChI=1S/C11H14NO.C2H6/c1-8-9-6-4-5-7-10(9)11(2,3)12(8)13;1-2/h4-7,13H,1-3H3;1-2H3/q+1;. The van der Waals surface area contributed by atoms with Crippen molar-refractivity contribution in [3.05, 3.63) is 35.4 Å². The Morgan fingerprint density at radius 1 is 1.13 bits per heavy atom. The molecule has 15 heavy (non-hydrogen) atoms. The van der Waals surface area contributed by atoms with Crippen molar-refractivity contribution in [3.8, 4) is 0 Å². The molecule has 1 aliphatic rings. The van der Waals surface area contributed by atoms with Crippen molar-refractivity contribution < 1.29 is 9.95 Å². The molecular formula is C13H20NO+. The lowest BCUT2D eigenvalue weighted by molar-refractivity contribution is -0.826. The second kappa shape index (κ2) is 4.05. The van der Waals surface area contributed by atoms with Gasteiger partial charge in [0, 0.05) is 26.3 Å². The van der Waals surface area contributed by atoms with Crippen LogP contribution in [-0.4, -0.2) is 15.7 Å². The number of hydroxylamine groups is 1. The van der Waals surface area contributed by atoms with Gasteiger partial charge in [0.15, 0.2) is 0 Å². The molecule has 1 aliphatic heterocycles. The zero-order valence-corrected chi connectivity index (χ0v) is 10.2. The van der Waals surface area contributed by atoms with Crippen molar-refractivity contribution in [2.75, 3.05) is 0 Å². The third-order valence-corrected chi connectivity index (χ3v) is 2.82. The van der Waals surface area contributed by atoms with Crippen LogP contribution in [0.5, 0.6) is 0 Å². The molecule has 0 saturated heterocycles. The van der Waals surface area contributed by atoms with Gasteiger partial charge in [0.05, 0.1) is 5.56 Å². The van der Waals surface area contributed by atoms with Gasteiger partial charge in [-0.15, -0.1) is 0 Å². The van der Waals surface area contributed by atoms with Gasteiger partial charge in [0.25, 0.3) is 0 Å². The highest BCUT2D eigenvalue weighted by Crippen LogP contribution is 2.32. The third kappa shape index (κ3) is 1.65. The van der Waals surface area contributed by atoms with Gasteiger partial charge >= 0.3 is 0 Å². The summed E-state index contributed by atoms with van der Waals surface area (Å²) >= 11 is 0. The van der Waals surface area contributed by atoms with Gasteiger partial charge in [-0.3, -0.25) is 5.21 Å². The minimum atomic E-state index is -0.291. The minimum Gasteiger partial charge on any atom is -0.290 e. The highest BCUT2D eigenvalue weighted by Gasteiger charge is 2.44. The summed E-state index contributed by atoms with van der Waals surface area (Å²) in [4.78, 5) is 0. The van der Waals surface area contributed by atoms with Crippen LogP contribution < -0.4 is 0 Å². The van der Waals surface area contributed by atoms with Gasteiger partial charge in [0.2, 0.25) is 11.3 Å². The number of fused-ring (bicyclic) bond motifs is 1. The molecule has 1 aromatic rings. The van der Waals surface area contributed by atoms with E-state index in [0.29, 0.717) is 0 Å². The highest BCUT2D eigenvalue weighted by molar-refractivity contribution is 5.98. The second-order valence-electron chi connectivity index (χ2n) is 4.00. The van der Waals surface area contributed by atoms with Crippen molar-refractivity contribution in [2.24, 2.45) is 0 Å². The fourth-order valence-electron chi connectivity index (χ4n) is 1.98. The molecule has 0 saturated carbocycles. The Kier molecular flexibility index (Phi) is 3.18. The lowest BCUT2D eigenvalue weighted by Crippen LogP contribution is -2.28. The quantitative estimate of drug-likeness (QED) is 0.511. The van der Waals surface area contributed by atoms with E-state index in [2.05, 4.69) is 6.07 Å². The maximum Gasteiger partial charge on any atom is 0.233 e. The van der Waals surface area contributed by atoms with Crippen molar-refractivity contribution in [2.45, 2.75) is 40.2 Å². The predicted molar refractivity (Wildman–Crippen MR) is 62.6 cm³/mol. The molecular weight excluding hydrogens is 186 g/mol. The number of benzene rings is 1. The molecule has 0 bridgehead atoms. The molecule has 2 heteroatoms. The molecule has 0 spiro atoms. The summed E-state index contributed by atoms with van der Waals surface area (Å²) in [6, 6.07) is 8.11. The SMILES string of the molecule is CC.CC1=[N+](O)C(C)(C)c2ccccc21. The zero-order chi connectivity index (χ0) is 11.6. The Morgan fingerprint density at radius 3 is 2.20 bits per heavy atom. The van der Waals surface area contributed by atoms with Crippen molar-refractivity contribution in [3.63, 3.8) is 0 Å². The summed E-state index contributed by atoms with van der Waals surface area (Å²) in [5.74, 6) is 0. The Bertz CT molecular complexity index is 391. The normalized spacial score (nSPS) is 16.9. The topological polar surface area (TPSA) is 23.2 Å². The predicted octanol–water partition coefficient (Wildman–Crippen LogP) is 3.17. The fraction of sp³-hybridized carbons (Fsp3) is 0.462. The van der Waals surface area contributed by atoms with Gasteiger partial charge in [0.1, 0.15) is 0 Å². The van der Waals surface area contributed by atoms with Crippen molar-refractivity contribution in [1.82, 2.24) is 0 Å². The van der Waals surface area contributed by atoms with Gasteiger partial charge in [-0.2, -0.15) is 0 Å². The van der Waals surface area contributed by atoms with Gasteiger partial charge in [-0.05, 0) is 10.8 Å². The lowest BCUT2D eigenvalue weighted by Gasteiger charge is -2.11. The summed E-state index contributed by atoms with van der Waals surface area (Å²) in [5.41, 5.74) is 2.98. The van der Waals surface area contributed by atoms with E-state index in [0.717, 1.165) is 11.3 Å². The maximum absolute atomic E-state index is 9.84. The van der Waals surface area contributed by atoms with Crippen LogP contribution in [0.25, 0.3) is 0 Å². The molecule has 0 atom stereocenters. The largest absolute Gasteiger partial charge is 0.290 e. The van der Waals surface area contributed by atoms with Crippen LogP contribution >= 0.6 is 0 Å². The van der Waals surface area contributed by atoms with Crippen LogP contribution in [-0.2, 0) is 5.54 Å². The average Bonchev–Trinajstić information content (AvgIpc) is 2.45. The van der Waals surface area contributed by atoms with Crippen molar-refractivity contribution >= 4 is 5.71 Å². The first-order valence-electron chi connectivity index (χ1n) is 5.47. The van der Waals surface area contributed by atoms with Crippen LogP contribution in [0.2, 0.25) is 0 Å². The average molecular weight is 206 g/mol. The summed E-state index contributed by atoms with van der Waals surface area (Å²) in [5, 5.41) is 9.84. The second-order valence-corrected chi connectivity index (χ2v) is 4.00. The molecule has 0 fully saturated rings. The van der Waals surface area contributed by atoms with E-state index in [1.807, 2.05) is 52.8 Å². The third-order valence-electron chi connectivity index (χ3n) is 2.82. The molecule has 82 valence electrons. The maximum atomic E-state index is 9.84. The molecule has 0 unspecified atom stereocenters. The van der Waals surface area contributed by atoms with Gasteiger partial charge < -0.3 is 0 Å². The molecule has 1 heterocycles. The molecule has 0 aliphatic carbocycles. The van der Waals surface area contributed by atoms with E-state index in [-0.39, 0.29) is 5.54 Å². The molecule has 0 aromatic heterocycles. The van der Waals surface area contributed by atoms with Crippen LogP contribution in [0.4, 0.5) is 0 Å². The van der Waals surface area contributed by atoms with E-state index in [1.54, 1.807) is 0 Å². The first-order chi connectivity index (χ1) is 7.05. The fourth-order valence-corrected chi connectivity index (χ4v) is 1.98. The molecule has 2 rings (SSSR count). The number of hydrogen-bond donors (Lipinski definition) is 1. The van der Waals surface area contributed by atoms with Crippen LogP contribution in [0.1, 0.15) is 45.7 Å². The summed E-state index contributed by atoms with van der Waals surface area (Å²) < 4.78 is 1.34. The summed E-state index contributed by atoms with van der Waals surface area (Å²) in [7, 11) is 0. The number of nitrogens with zero attached hydrogens (tertiary/aromatic N) is 1. The van der Waals surface area contributed by atoms with Crippen LogP contribution in [0, 0.1) is 0 Å². The van der Waals surface area contributed by atoms with E-state index in [1.165, 1.54) is 10.3 Å². The van der Waals surface area contributed by atoms with Gasteiger partial charge in [-0.25, -0.2) is 0 Å². The Labute approximate surface area is 91.8 Å². The Balaban J connectivity index is 0.000000531. The number of rotatable bonds is 0. The molecule has 0 amide bonds. The van der Waals surface area contributed by atoms with Crippen LogP contribution in [0.15, 0.2) is 24.3 Å². The lowest BCUT2D eigenvalue weighted by atomic mass is 9.93.